The van der Waals surface area contributed by atoms with Crippen LogP contribution in [0.25, 0.3) is 0 Å². The number of nitrogens with one attached hydrogen (secondary N) is 1. The third-order valence-corrected chi connectivity index (χ3v) is 2.12. The molecule has 0 fully saturated rings. The zero-order valence-corrected chi connectivity index (χ0v) is 7.54. The monoisotopic (exact) mass is 183 g/mol. The van der Waals surface area contributed by atoms with Crippen molar-refractivity contribution in [3.63, 3.8) is 0 Å². The van der Waals surface area contributed by atoms with Crippen LogP contribution < -0.4 is 15.8 Å². The smallest absolute Gasteiger partial charge is 0.161 e. The van der Waals surface area contributed by atoms with Gasteiger partial charge in [0.15, 0.2) is 5.75 Å². The van der Waals surface area contributed by atoms with Gasteiger partial charge in [-0.25, -0.2) is 0 Å². The van der Waals surface area contributed by atoms with Gasteiger partial charge in [0, 0.05) is 6.54 Å². The van der Waals surface area contributed by atoms with Crippen molar-refractivity contribution in [3.8, 4) is 5.75 Å². The Bertz CT molecular complexity index is 309. The van der Waals surface area contributed by atoms with E-state index in [4.69, 9.17) is 15.2 Å². The van der Waals surface area contributed by atoms with E-state index >= 15 is 0 Å². The van der Waals surface area contributed by atoms with E-state index in [-0.39, 0.29) is 0 Å². The molecule has 0 saturated heterocycles. The summed E-state index contributed by atoms with van der Waals surface area (Å²) in [5.74, 6) is 1.60. The first-order valence-electron chi connectivity index (χ1n) is 4.17. The van der Waals surface area contributed by atoms with Crippen LogP contribution in [0.4, 0.5) is 11.5 Å². The third-order valence-electron chi connectivity index (χ3n) is 2.12. The number of hydrogen-bond acceptors (Lipinski definition) is 4. The van der Waals surface area contributed by atoms with Crippen molar-refractivity contribution < 1.29 is 9.47 Å². The van der Waals surface area contributed by atoms with Gasteiger partial charge in [-0.1, -0.05) is 0 Å². The Hall–Kier alpha value is -1.36. The average Bonchev–Trinajstić information content (AvgIpc) is 2.37. The first-order valence-corrected chi connectivity index (χ1v) is 4.17. The second kappa shape index (κ2) is 3.18. The highest BCUT2D eigenvalue weighted by Crippen LogP contribution is 2.32. The highest BCUT2D eigenvalue weighted by molar-refractivity contribution is 5.71. The molecule has 0 aliphatic carbocycles. The van der Waals surface area contributed by atoms with Crippen LogP contribution in [-0.2, 0) is 11.3 Å². The molecule has 3 N–H and O–H groups in total. The number of nitrogens with two attached hydrogens (primary N) is 1. The summed E-state index contributed by atoms with van der Waals surface area (Å²) in [7, 11) is 1.61. The van der Waals surface area contributed by atoms with E-state index in [0.29, 0.717) is 24.8 Å². The van der Waals surface area contributed by atoms with Gasteiger partial charge in [-0.3, -0.25) is 0 Å². The van der Waals surface area contributed by atoms with E-state index in [1.165, 1.54) is 0 Å². The number of ether oxygens (including phenoxy) is 2. The standard InChI is InChI=1S/C8H13N3O2/c1-12-6-4-11-2-3-13-5-10-8(11)7(6)9/h4,10H,2-3,5,9H2,1H3. The minimum atomic E-state index is 0.497. The molecule has 2 heterocycles. The van der Waals surface area contributed by atoms with Crippen molar-refractivity contribution in [1.82, 2.24) is 4.57 Å². The van der Waals surface area contributed by atoms with E-state index in [2.05, 4.69) is 5.32 Å². The van der Waals surface area contributed by atoms with Crippen LogP contribution in [0.1, 0.15) is 0 Å². The van der Waals surface area contributed by atoms with Gasteiger partial charge in [0.1, 0.15) is 18.2 Å². The lowest BCUT2D eigenvalue weighted by Gasteiger charge is -2.04. The number of fused-ring (bicyclic) bond motifs is 1. The molecule has 5 heteroatoms. The first kappa shape index (κ1) is 8.25. The lowest BCUT2D eigenvalue weighted by Crippen LogP contribution is -2.05. The van der Waals surface area contributed by atoms with Crippen molar-refractivity contribution >= 4 is 11.5 Å². The maximum Gasteiger partial charge on any atom is 0.161 e. The Morgan fingerprint density at radius 2 is 2.54 bits per heavy atom. The normalized spacial score (nSPS) is 15.8. The minimum Gasteiger partial charge on any atom is -0.493 e. The van der Waals surface area contributed by atoms with Gasteiger partial charge in [-0.05, 0) is 0 Å². The summed E-state index contributed by atoms with van der Waals surface area (Å²) >= 11 is 0. The number of anilines is 2. The molecule has 0 aromatic carbocycles. The fourth-order valence-corrected chi connectivity index (χ4v) is 1.44. The predicted molar refractivity (Wildman–Crippen MR) is 49.8 cm³/mol. The fraction of sp³-hybridized carbons (Fsp3) is 0.500. The number of nitrogens with zero attached hydrogens (tertiary/aromatic N) is 1. The summed E-state index contributed by atoms with van der Waals surface area (Å²) in [6.45, 7) is 1.99. The second-order valence-electron chi connectivity index (χ2n) is 2.88. The highest BCUT2D eigenvalue weighted by atomic mass is 16.5. The molecule has 0 atom stereocenters. The molecule has 0 amide bonds. The number of nitrogen functional groups attached to an aromatic ring is 1. The van der Waals surface area contributed by atoms with Crippen LogP contribution in [0.3, 0.4) is 0 Å². The molecular weight excluding hydrogens is 170 g/mol. The topological polar surface area (TPSA) is 61.4 Å². The van der Waals surface area contributed by atoms with Gasteiger partial charge in [-0.15, -0.1) is 0 Å². The van der Waals surface area contributed by atoms with Crippen LogP contribution in [0.15, 0.2) is 6.20 Å². The number of aromatic nitrogens is 1. The van der Waals surface area contributed by atoms with Crippen molar-refractivity contribution in [2.45, 2.75) is 6.54 Å². The van der Waals surface area contributed by atoms with E-state index in [1.54, 1.807) is 7.11 Å². The number of methoxy groups -OCH3 is 1. The number of hydrogen-bond donors (Lipinski definition) is 2. The summed E-state index contributed by atoms with van der Waals surface area (Å²) in [6.07, 6.45) is 1.88. The van der Waals surface area contributed by atoms with Crippen LogP contribution in [-0.4, -0.2) is 25.0 Å². The SMILES string of the molecule is COc1cn2c(c1N)NCOCC2. The molecule has 72 valence electrons. The largest absolute Gasteiger partial charge is 0.493 e. The lowest BCUT2D eigenvalue weighted by molar-refractivity contribution is 0.151. The minimum absolute atomic E-state index is 0.497. The van der Waals surface area contributed by atoms with E-state index < -0.39 is 0 Å². The first-order chi connectivity index (χ1) is 6.33. The van der Waals surface area contributed by atoms with E-state index in [0.717, 1.165) is 12.4 Å². The van der Waals surface area contributed by atoms with E-state index in [9.17, 15) is 0 Å². The Labute approximate surface area is 76.4 Å². The molecule has 0 spiro atoms. The van der Waals surface area contributed by atoms with E-state index in [1.807, 2.05) is 10.8 Å². The summed E-state index contributed by atoms with van der Waals surface area (Å²) < 4.78 is 12.3. The molecule has 5 nitrogen and oxygen atoms in total. The summed E-state index contributed by atoms with van der Waals surface area (Å²) in [6, 6.07) is 0. The molecule has 0 unspecified atom stereocenters. The molecule has 2 rings (SSSR count). The molecule has 1 aliphatic heterocycles. The quantitative estimate of drug-likeness (QED) is 0.664. The predicted octanol–water partition coefficient (Wildman–Crippen LogP) is 0.478. The van der Waals surface area contributed by atoms with Crippen LogP contribution >= 0.6 is 0 Å². The third kappa shape index (κ3) is 1.31. The van der Waals surface area contributed by atoms with Gasteiger partial charge < -0.3 is 25.1 Å². The Balaban J connectivity index is 2.38. The second-order valence-corrected chi connectivity index (χ2v) is 2.88. The number of rotatable bonds is 1. The van der Waals surface area contributed by atoms with Gasteiger partial charge in [0.05, 0.1) is 19.9 Å². The molecule has 0 bridgehead atoms. The van der Waals surface area contributed by atoms with Gasteiger partial charge in [-0.2, -0.15) is 0 Å². The summed E-state index contributed by atoms with van der Waals surface area (Å²) in [5.41, 5.74) is 6.49. The lowest BCUT2D eigenvalue weighted by atomic mass is 10.4. The molecule has 0 saturated carbocycles. The van der Waals surface area contributed by atoms with Crippen molar-refractivity contribution in [2.24, 2.45) is 0 Å². The molecule has 13 heavy (non-hydrogen) atoms. The summed E-state index contributed by atoms with van der Waals surface area (Å²) in [5, 5.41) is 3.08. The van der Waals surface area contributed by atoms with Crippen molar-refractivity contribution in [1.29, 1.82) is 0 Å². The maximum absolute atomic E-state index is 5.84. The summed E-state index contributed by atoms with van der Waals surface area (Å²) in [4.78, 5) is 0. The Morgan fingerprint density at radius 3 is 3.31 bits per heavy atom. The fourth-order valence-electron chi connectivity index (χ4n) is 1.44. The zero-order chi connectivity index (χ0) is 9.26. The van der Waals surface area contributed by atoms with Crippen LogP contribution in [0.5, 0.6) is 5.75 Å². The van der Waals surface area contributed by atoms with Crippen LogP contribution in [0.2, 0.25) is 0 Å². The van der Waals surface area contributed by atoms with Gasteiger partial charge >= 0.3 is 0 Å². The van der Waals surface area contributed by atoms with Crippen molar-refractivity contribution in [3.05, 3.63) is 6.20 Å². The Kier molecular flexibility index (Phi) is 2.02. The maximum atomic E-state index is 5.84. The van der Waals surface area contributed by atoms with Crippen molar-refractivity contribution in [2.75, 3.05) is 31.5 Å². The van der Waals surface area contributed by atoms with Crippen LogP contribution in [0, 0.1) is 0 Å². The Morgan fingerprint density at radius 1 is 1.69 bits per heavy atom. The molecular formula is C8H13N3O2. The van der Waals surface area contributed by atoms with Gasteiger partial charge in [0.25, 0.3) is 0 Å². The molecule has 1 aromatic rings. The van der Waals surface area contributed by atoms with Gasteiger partial charge in [0.2, 0.25) is 0 Å². The average molecular weight is 183 g/mol. The highest BCUT2D eigenvalue weighted by Gasteiger charge is 2.15. The molecule has 1 aromatic heterocycles. The molecule has 0 radical (unpaired) electrons. The molecule has 1 aliphatic rings. The zero-order valence-electron chi connectivity index (χ0n) is 7.54.